The van der Waals surface area contributed by atoms with Crippen molar-refractivity contribution in [2.45, 2.75) is 38.0 Å². The Morgan fingerprint density at radius 1 is 0.773 bits per heavy atom. The summed E-state index contributed by atoms with van der Waals surface area (Å²) in [6.45, 7) is 2.96. The van der Waals surface area contributed by atoms with E-state index < -0.39 is 23.2 Å². The van der Waals surface area contributed by atoms with Gasteiger partial charge in [0.25, 0.3) is 0 Å². The van der Waals surface area contributed by atoms with Gasteiger partial charge in [-0.3, -0.25) is 0 Å². The molecular weight excluding hydrogens is 364 g/mol. The summed E-state index contributed by atoms with van der Waals surface area (Å²) in [7, 11) is -7.04. The van der Waals surface area contributed by atoms with E-state index in [0.29, 0.717) is 12.8 Å². The van der Waals surface area contributed by atoms with Crippen LogP contribution in [0, 0.1) is 0 Å². The zero-order chi connectivity index (χ0) is 14.2. The van der Waals surface area contributed by atoms with Crippen molar-refractivity contribution in [3.8, 4) is 0 Å². The van der Waals surface area contributed by atoms with Gasteiger partial charge in [-0.2, -0.15) is 17.1 Å². The summed E-state index contributed by atoms with van der Waals surface area (Å²) in [4.78, 5) is 54.6. The summed E-state index contributed by atoms with van der Waals surface area (Å²) in [5.74, 6) is 0. The Hall–Kier alpha value is 3.54. The van der Waals surface area contributed by atoms with Gasteiger partial charge >= 0.3 is 124 Å². The fraction of sp³-hybridized carbons (Fsp3) is 0.889. The van der Waals surface area contributed by atoms with Crippen LogP contribution in [0.1, 0.15) is 12.8 Å². The number of hydrogen-bond acceptors (Lipinski definition) is 5. The predicted molar refractivity (Wildman–Crippen MR) is 63.5 cm³/mol. The van der Waals surface area contributed by atoms with E-state index in [0.717, 1.165) is 0 Å². The standard InChI is InChI=1S/C9H20N2O5Si2.4Na/c1-17(13,14)7-3-5-10-9(12)11-6-4-8-18(2,15)16;;;;/h3-8H2,1-2H3,(H2,10,11,12);;;;/q-4;4*+1. The van der Waals surface area contributed by atoms with Crippen LogP contribution >= 0.6 is 0 Å². The van der Waals surface area contributed by atoms with Crippen LogP contribution in [0.25, 0.3) is 0 Å². The molecule has 0 radical (unpaired) electrons. The first-order valence-electron chi connectivity index (χ1n) is 5.93. The smallest absolute Gasteiger partial charge is 0.870 e. The van der Waals surface area contributed by atoms with Gasteiger partial charge in [0.05, 0.1) is 0 Å². The van der Waals surface area contributed by atoms with Crippen molar-refractivity contribution in [1.82, 2.24) is 10.6 Å². The van der Waals surface area contributed by atoms with Gasteiger partial charge in [-0.15, -0.1) is 0 Å². The summed E-state index contributed by atoms with van der Waals surface area (Å²) in [6.07, 6.45) is 0.768. The molecule has 0 aromatic rings. The first-order valence-corrected chi connectivity index (χ1v) is 11.0. The van der Waals surface area contributed by atoms with Crippen molar-refractivity contribution in [1.29, 1.82) is 0 Å². The maximum atomic E-state index is 11.2. The molecule has 0 aromatic heterocycles. The van der Waals surface area contributed by atoms with E-state index in [1.807, 2.05) is 0 Å². The van der Waals surface area contributed by atoms with Crippen LogP contribution in [0.3, 0.4) is 0 Å². The van der Waals surface area contributed by atoms with Crippen LogP contribution in [-0.2, 0) is 0 Å². The van der Waals surface area contributed by atoms with Crippen LogP contribution in [0.5, 0.6) is 0 Å². The van der Waals surface area contributed by atoms with E-state index in [9.17, 15) is 24.0 Å². The molecule has 22 heavy (non-hydrogen) atoms. The van der Waals surface area contributed by atoms with Crippen LogP contribution in [0.2, 0.25) is 25.2 Å². The van der Waals surface area contributed by atoms with E-state index in [1.54, 1.807) is 0 Å². The van der Waals surface area contributed by atoms with Gasteiger partial charge in [0.15, 0.2) is 0 Å². The third-order valence-electron chi connectivity index (χ3n) is 2.19. The van der Waals surface area contributed by atoms with Crippen molar-refractivity contribution < 1.29 is 142 Å². The Morgan fingerprint density at radius 3 is 1.27 bits per heavy atom. The van der Waals surface area contributed by atoms with E-state index >= 15 is 0 Å². The molecule has 0 aliphatic heterocycles. The van der Waals surface area contributed by atoms with Gasteiger partial charge < -0.3 is 29.8 Å². The van der Waals surface area contributed by atoms with Crippen molar-refractivity contribution in [2.24, 2.45) is 0 Å². The molecule has 0 heterocycles. The third kappa shape index (κ3) is 31.3. The molecule has 0 aliphatic carbocycles. The minimum atomic E-state index is -3.52. The average molecular weight is 384 g/mol. The van der Waals surface area contributed by atoms with E-state index in [-0.39, 0.29) is 143 Å². The van der Waals surface area contributed by atoms with Gasteiger partial charge in [0.2, 0.25) is 0 Å². The van der Waals surface area contributed by atoms with Gasteiger partial charge in [0.1, 0.15) is 0 Å². The minimum absolute atomic E-state index is 0. The molecule has 0 aromatic carbocycles. The van der Waals surface area contributed by atoms with E-state index in [2.05, 4.69) is 10.6 Å². The van der Waals surface area contributed by atoms with Crippen LogP contribution in [0.4, 0.5) is 4.79 Å². The molecule has 0 bridgehead atoms. The third-order valence-corrected chi connectivity index (χ3v) is 4.71. The molecule has 0 spiro atoms. The van der Waals surface area contributed by atoms with E-state index in [4.69, 9.17) is 0 Å². The molecule has 0 saturated heterocycles. The van der Waals surface area contributed by atoms with E-state index in [1.165, 1.54) is 13.1 Å². The number of carbonyl (C=O) groups is 1. The topological polar surface area (TPSA) is 133 Å². The van der Waals surface area contributed by atoms with Gasteiger partial charge in [-0.05, 0) is 12.8 Å². The largest absolute Gasteiger partial charge is 1.00 e. The second-order valence-electron chi connectivity index (χ2n) is 4.66. The summed E-state index contributed by atoms with van der Waals surface area (Å²) in [6, 6.07) is -0.233. The molecule has 7 nitrogen and oxygen atoms in total. The molecule has 108 valence electrons. The second-order valence-corrected chi connectivity index (χ2v) is 10.2. The number of hydrogen-bond donors (Lipinski definition) is 2. The monoisotopic (exact) mass is 384 g/mol. The van der Waals surface area contributed by atoms with Crippen LogP contribution in [0.15, 0.2) is 0 Å². The van der Waals surface area contributed by atoms with Crippen LogP contribution < -0.4 is 148 Å². The summed E-state index contributed by atoms with van der Waals surface area (Å²) in [5, 5.41) is 5.00. The molecule has 0 unspecified atom stereocenters. The van der Waals surface area contributed by atoms with Crippen molar-refractivity contribution in [3.05, 3.63) is 0 Å². The minimum Gasteiger partial charge on any atom is -0.870 e. The summed E-state index contributed by atoms with van der Waals surface area (Å²) >= 11 is 0. The fourth-order valence-corrected chi connectivity index (χ4v) is 2.92. The molecule has 2 amide bonds. The molecule has 13 heteroatoms. The number of carbonyl (C=O) groups excluding carboxylic acids is 1. The van der Waals surface area contributed by atoms with Gasteiger partial charge in [0, 0.05) is 13.1 Å². The first kappa shape index (κ1) is 36.5. The summed E-state index contributed by atoms with van der Waals surface area (Å²) < 4.78 is 0. The molecule has 0 aliphatic rings. The molecule has 0 rings (SSSR count). The normalized spacial score (nSPS) is 10.1. The molecule has 0 saturated carbocycles. The van der Waals surface area contributed by atoms with Crippen molar-refractivity contribution >= 4 is 23.2 Å². The Bertz CT molecular complexity index is 243. The number of rotatable bonds is 8. The zero-order valence-electron chi connectivity index (χ0n) is 14.8. The van der Waals surface area contributed by atoms with Crippen LogP contribution in [-0.4, -0.2) is 36.2 Å². The average Bonchev–Trinajstić information content (AvgIpc) is 2.17. The Kier molecular flexibility index (Phi) is 32.0. The second kappa shape index (κ2) is 19.3. The quantitative estimate of drug-likeness (QED) is 0.317. The molecule has 0 fully saturated rings. The molecular formula is C9H20N2Na4O5Si2. The summed E-state index contributed by atoms with van der Waals surface area (Å²) in [5.41, 5.74) is 0. The number of urea groups is 1. The number of nitrogens with one attached hydrogen (secondary N) is 2. The Labute approximate surface area is 223 Å². The maximum Gasteiger partial charge on any atom is 1.00 e. The Morgan fingerprint density at radius 2 is 1.05 bits per heavy atom. The fourth-order valence-electron chi connectivity index (χ4n) is 1.29. The SMILES string of the molecule is C[Si]([O-])([O-])CCCNC(=O)NCCC[Si](C)([O-])[O-].[Na+].[Na+].[Na+].[Na+]. The van der Waals surface area contributed by atoms with Crippen molar-refractivity contribution in [2.75, 3.05) is 13.1 Å². The van der Waals surface area contributed by atoms with Gasteiger partial charge in [-0.25, -0.2) is 4.79 Å². The maximum absolute atomic E-state index is 11.2. The predicted octanol–water partition coefficient (Wildman–Crippen LogP) is -15.3. The van der Waals surface area contributed by atoms with Gasteiger partial charge in [-0.1, -0.05) is 25.2 Å². The Balaban J connectivity index is -0.000000241. The molecule has 0 atom stereocenters. The number of amides is 2. The zero-order valence-corrected chi connectivity index (χ0v) is 24.8. The molecule has 2 N–H and O–H groups in total. The first-order chi connectivity index (χ1) is 8.10. The van der Waals surface area contributed by atoms with Crippen molar-refractivity contribution in [3.63, 3.8) is 0 Å².